The van der Waals surface area contributed by atoms with E-state index in [1.165, 1.54) is 0 Å². The van der Waals surface area contributed by atoms with Gasteiger partial charge in [0, 0.05) is 16.9 Å². The summed E-state index contributed by atoms with van der Waals surface area (Å²) in [7, 11) is 0. The molecule has 6 nitrogen and oxygen atoms in total. The molecule has 0 saturated carbocycles. The van der Waals surface area contributed by atoms with Gasteiger partial charge in [-0.05, 0) is 66.3 Å². The average molecular weight is 502 g/mol. The molecule has 3 aromatic rings. The first kappa shape index (κ1) is 25.2. The summed E-state index contributed by atoms with van der Waals surface area (Å²) in [6.07, 6.45) is 2.29. The first-order chi connectivity index (χ1) is 17.4. The van der Waals surface area contributed by atoms with Gasteiger partial charge in [-0.1, -0.05) is 68.8 Å². The molecule has 2 N–H and O–H groups in total. The number of para-hydroxylation sites is 2. The van der Waals surface area contributed by atoms with Gasteiger partial charge in [-0.3, -0.25) is 14.4 Å². The molecule has 184 valence electrons. The van der Waals surface area contributed by atoms with E-state index in [1.54, 1.807) is 36.4 Å². The largest absolute Gasteiger partial charge is 0.350 e. The zero-order chi connectivity index (χ0) is 25.8. The standard InChI is InChI=1S/C29H28ClN3O3/c1-4-18-10-7-8-13-23(18)33-28(35)24(30)26(29(33)36)31-22-16-14-21(15-17-22)27(34)32-25-19(5-2)11-9-12-20(25)6-3/h7-17,31H,4-6H2,1-3H3,(H,32,34). The third-order valence-corrected chi connectivity index (χ3v) is 6.65. The normalized spacial score (nSPS) is 13.4. The predicted molar refractivity (Wildman–Crippen MR) is 144 cm³/mol. The van der Waals surface area contributed by atoms with E-state index in [-0.39, 0.29) is 16.6 Å². The number of rotatable bonds is 8. The van der Waals surface area contributed by atoms with E-state index in [2.05, 4.69) is 24.5 Å². The molecule has 0 aromatic heterocycles. The number of carbonyl (C=O) groups is 3. The SMILES string of the molecule is CCc1ccccc1N1C(=O)C(Cl)=C(Nc2ccc(C(=O)Nc3c(CC)cccc3CC)cc2)C1=O. The molecule has 7 heteroatoms. The molecular formula is C29H28ClN3O3. The highest BCUT2D eigenvalue weighted by Crippen LogP contribution is 2.32. The lowest BCUT2D eigenvalue weighted by atomic mass is 10.0. The van der Waals surface area contributed by atoms with Crippen LogP contribution in [-0.2, 0) is 28.9 Å². The summed E-state index contributed by atoms with van der Waals surface area (Å²) < 4.78 is 0. The van der Waals surface area contributed by atoms with E-state index in [1.807, 2.05) is 37.3 Å². The molecular weight excluding hydrogens is 474 g/mol. The Hall–Kier alpha value is -3.90. The van der Waals surface area contributed by atoms with Gasteiger partial charge < -0.3 is 10.6 Å². The summed E-state index contributed by atoms with van der Waals surface area (Å²) in [5, 5.41) is 5.84. The van der Waals surface area contributed by atoms with Crippen LogP contribution in [0.15, 0.2) is 77.5 Å². The van der Waals surface area contributed by atoms with Crippen LogP contribution in [0.1, 0.15) is 47.8 Å². The number of hydrogen-bond acceptors (Lipinski definition) is 4. The van der Waals surface area contributed by atoms with Gasteiger partial charge in [0.15, 0.2) is 0 Å². The Bertz CT molecular complexity index is 1340. The van der Waals surface area contributed by atoms with Gasteiger partial charge >= 0.3 is 0 Å². The minimum absolute atomic E-state index is 0.00855. The predicted octanol–water partition coefficient (Wildman–Crippen LogP) is 6.06. The van der Waals surface area contributed by atoms with Crippen molar-refractivity contribution in [3.05, 3.63) is 99.7 Å². The van der Waals surface area contributed by atoms with Crippen molar-refractivity contribution in [3.8, 4) is 0 Å². The molecule has 1 aliphatic heterocycles. The second kappa shape index (κ2) is 10.8. The van der Waals surface area contributed by atoms with Crippen molar-refractivity contribution in [1.29, 1.82) is 0 Å². The van der Waals surface area contributed by atoms with Crippen LogP contribution in [0, 0.1) is 0 Å². The third kappa shape index (κ3) is 4.77. The minimum Gasteiger partial charge on any atom is -0.350 e. The number of anilines is 3. The van der Waals surface area contributed by atoms with Gasteiger partial charge in [0.1, 0.15) is 10.7 Å². The van der Waals surface area contributed by atoms with Gasteiger partial charge in [0.05, 0.1) is 5.69 Å². The van der Waals surface area contributed by atoms with Gasteiger partial charge in [-0.2, -0.15) is 0 Å². The van der Waals surface area contributed by atoms with E-state index in [9.17, 15) is 14.4 Å². The number of benzene rings is 3. The number of nitrogens with zero attached hydrogens (tertiary/aromatic N) is 1. The molecule has 0 radical (unpaired) electrons. The third-order valence-electron chi connectivity index (χ3n) is 6.29. The maximum Gasteiger partial charge on any atom is 0.283 e. The summed E-state index contributed by atoms with van der Waals surface area (Å²) in [5.74, 6) is -1.30. The summed E-state index contributed by atoms with van der Waals surface area (Å²) in [5.41, 5.74) is 5.44. The summed E-state index contributed by atoms with van der Waals surface area (Å²) in [4.78, 5) is 40.0. The first-order valence-corrected chi connectivity index (χ1v) is 12.4. The van der Waals surface area contributed by atoms with Crippen LogP contribution in [0.4, 0.5) is 17.1 Å². The topological polar surface area (TPSA) is 78.5 Å². The highest BCUT2D eigenvalue weighted by Gasteiger charge is 2.39. The summed E-state index contributed by atoms with van der Waals surface area (Å²) in [6, 6.07) is 20.0. The highest BCUT2D eigenvalue weighted by molar-refractivity contribution is 6.53. The van der Waals surface area contributed by atoms with Crippen LogP contribution in [-0.4, -0.2) is 17.7 Å². The van der Waals surface area contributed by atoms with Gasteiger partial charge in [-0.15, -0.1) is 0 Å². The van der Waals surface area contributed by atoms with Crippen molar-refractivity contribution in [3.63, 3.8) is 0 Å². The van der Waals surface area contributed by atoms with Crippen LogP contribution < -0.4 is 15.5 Å². The quantitative estimate of drug-likeness (QED) is 0.368. The van der Waals surface area contributed by atoms with Crippen molar-refractivity contribution in [2.75, 3.05) is 15.5 Å². The molecule has 3 aromatic carbocycles. The zero-order valence-corrected chi connectivity index (χ0v) is 21.3. The fraction of sp³-hybridized carbons (Fsp3) is 0.207. The van der Waals surface area contributed by atoms with Crippen molar-refractivity contribution in [2.45, 2.75) is 40.0 Å². The number of amides is 3. The van der Waals surface area contributed by atoms with E-state index < -0.39 is 11.8 Å². The van der Waals surface area contributed by atoms with Crippen LogP contribution >= 0.6 is 11.6 Å². The molecule has 1 heterocycles. The van der Waals surface area contributed by atoms with Crippen LogP contribution in [0.3, 0.4) is 0 Å². The number of halogens is 1. The van der Waals surface area contributed by atoms with Crippen LogP contribution in [0.5, 0.6) is 0 Å². The van der Waals surface area contributed by atoms with E-state index in [0.717, 1.165) is 40.1 Å². The molecule has 0 aliphatic carbocycles. The van der Waals surface area contributed by atoms with E-state index in [4.69, 9.17) is 11.6 Å². The molecule has 3 amide bonds. The van der Waals surface area contributed by atoms with E-state index >= 15 is 0 Å². The molecule has 0 bridgehead atoms. The Labute approximate surface area is 216 Å². The molecule has 0 spiro atoms. The lowest BCUT2D eigenvalue weighted by molar-refractivity contribution is -0.120. The molecule has 0 unspecified atom stereocenters. The molecule has 0 fully saturated rings. The van der Waals surface area contributed by atoms with Crippen LogP contribution in [0.25, 0.3) is 0 Å². The smallest absolute Gasteiger partial charge is 0.283 e. The Morgan fingerprint density at radius 1 is 0.778 bits per heavy atom. The lowest BCUT2D eigenvalue weighted by Crippen LogP contribution is -2.33. The summed E-state index contributed by atoms with van der Waals surface area (Å²) in [6.45, 7) is 6.07. The Morgan fingerprint density at radius 3 is 1.97 bits per heavy atom. The molecule has 0 atom stereocenters. The Balaban J connectivity index is 1.52. The maximum atomic E-state index is 13.1. The van der Waals surface area contributed by atoms with Gasteiger partial charge in [0.25, 0.3) is 17.7 Å². The van der Waals surface area contributed by atoms with Crippen molar-refractivity contribution >= 4 is 46.4 Å². The average Bonchev–Trinajstić information content (AvgIpc) is 3.11. The van der Waals surface area contributed by atoms with Gasteiger partial charge in [0.2, 0.25) is 0 Å². The zero-order valence-electron chi connectivity index (χ0n) is 20.5. The fourth-order valence-electron chi connectivity index (χ4n) is 4.30. The summed E-state index contributed by atoms with van der Waals surface area (Å²) >= 11 is 6.28. The monoisotopic (exact) mass is 501 g/mol. The lowest BCUT2D eigenvalue weighted by Gasteiger charge is -2.18. The number of imide groups is 1. The number of carbonyl (C=O) groups excluding carboxylic acids is 3. The molecule has 4 rings (SSSR count). The van der Waals surface area contributed by atoms with Crippen molar-refractivity contribution in [2.24, 2.45) is 0 Å². The van der Waals surface area contributed by atoms with Crippen molar-refractivity contribution < 1.29 is 14.4 Å². The first-order valence-electron chi connectivity index (χ1n) is 12.0. The molecule has 36 heavy (non-hydrogen) atoms. The van der Waals surface area contributed by atoms with Crippen molar-refractivity contribution in [1.82, 2.24) is 0 Å². The number of hydrogen-bond donors (Lipinski definition) is 2. The molecule has 0 saturated heterocycles. The van der Waals surface area contributed by atoms with Crippen LogP contribution in [0.2, 0.25) is 0 Å². The second-order valence-corrected chi connectivity index (χ2v) is 8.81. The maximum absolute atomic E-state index is 13.1. The minimum atomic E-state index is -0.567. The van der Waals surface area contributed by atoms with E-state index in [0.29, 0.717) is 23.4 Å². The van der Waals surface area contributed by atoms with Gasteiger partial charge in [-0.25, -0.2) is 4.90 Å². The highest BCUT2D eigenvalue weighted by atomic mass is 35.5. The Morgan fingerprint density at radius 2 is 1.36 bits per heavy atom. The number of nitrogens with one attached hydrogen (secondary N) is 2. The Kier molecular flexibility index (Phi) is 7.55. The fourth-order valence-corrected chi connectivity index (χ4v) is 4.51. The number of aryl methyl sites for hydroxylation is 3. The second-order valence-electron chi connectivity index (χ2n) is 8.43. The molecule has 1 aliphatic rings.